The molecule has 18 heteroatoms. The van der Waals surface area contributed by atoms with Gasteiger partial charge in [0.05, 0.1) is 32.8 Å². The Kier molecular flexibility index (Phi) is 22.0. The highest BCUT2D eigenvalue weighted by Gasteiger charge is 2.54. The number of hydrogen-bond acceptors (Lipinski definition) is 13. The predicted molar refractivity (Wildman–Crippen MR) is 203 cm³/mol. The number of ether oxygens (including phenoxy) is 2. The molecule has 0 saturated heterocycles. The predicted octanol–water partition coefficient (Wildman–Crippen LogP) is 4.67. The van der Waals surface area contributed by atoms with Gasteiger partial charge in [-0.05, 0) is 61.1 Å². The van der Waals surface area contributed by atoms with E-state index in [0.29, 0.717) is 30.0 Å². The van der Waals surface area contributed by atoms with Gasteiger partial charge in [0.15, 0.2) is 0 Å². The van der Waals surface area contributed by atoms with Gasteiger partial charge >= 0.3 is 29.6 Å². The second-order valence-electron chi connectivity index (χ2n) is 11.2. The monoisotopic (exact) mass is 785 g/mol. The summed E-state index contributed by atoms with van der Waals surface area (Å²) in [6, 6.07) is 2.26. The van der Waals surface area contributed by atoms with Gasteiger partial charge in [-0.15, -0.1) is 23.7 Å². The SMILES string of the molecule is [C-]#[N+]C([N+]#[C-])=c1s/c(=C/C=C2C=CN(CCCCCCOC(=O)CCC#C)C=C2)cc1COCCO[Si](CCCN=[N+]=N)(OC)O[Si](OC)(OC)OC. The molecule has 1 aliphatic rings. The van der Waals surface area contributed by atoms with E-state index in [4.69, 9.17) is 60.8 Å². The number of nitrogens with one attached hydrogen (secondary N) is 1. The molecule has 2 heterocycles. The summed E-state index contributed by atoms with van der Waals surface area (Å²) in [7, 11) is -1.23. The fourth-order valence-corrected chi connectivity index (χ4v) is 11.3. The molecular formula is C35H49N6O9SSi2+. The van der Waals surface area contributed by atoms with Gasteiger partial charge in [0.1, 0.15) is 34.9 Å². The van der Waals surface area contributed by atoms with E-state index in [1.807, 2.05) is 42.8 Å². The number of nitrogens with zero attached hydrogens (tertiary/aromatic N) is 5. The maximum atomic E-state index is 11.5. The molecule has 0 saturated carbocycles. The van der Waals surface area contributed by atoms with Crippen LogP contribution in [-0.2, 0) is 47.1 Å². The minimum atomic E-state index is -3.54. The first-order valence-corrected chi connectivity index (χ1v) is 21.3. The molecule has 2 rings (SSSR count). The molecule has 1 atom stereocenters. The number of esters is 1. The standard InChI is InChI=1S/C35H49N6O9SSi2/c1-8-9-15-33(42)48-24-13-11-10-12-21-41-22-18-30(19-23-41)16-17-32-28-31(34(51-32)35(37-2)38-3)29-47-25-26-49-52(43-4,27-14-20-39-40-36)50-53(44-5,45-6)46-7/h1,16-19,22-23,28,36H,9-15,20-21,24-27,29H2,4-7H3/q+1/b32-17+. The van der Waals surface area contributed by atoms with Gasteiger partial charge in [-0.3, -0.25) is 4.79 Å². The lowest BCUT2D eigenvalue weighted by atomic mass is 10.1. The molecule has 1 aliphatic heterocycles. The molecule has 1 N–H and O–H groups in total. The topological polar surface area (TPSA) is 153 Å². The number of hydrogen-bond donors (Lipinski definition) is 1. The molecule has 1 aromatic heterocycles. The molecule has 1 aromatic rings. The number of unbranched alkanes of at least 4 members (excludes halogenated alkanes) is 3. The van der Waals surface area contributed by atoms with Crippen molar-refractivity contribution in [2.45, 2.75) is 57.6 Å². The summed E-state index contributed by atoms with van der Waals surface area (Å²) >= 11 is 1.36. The van der Waals surface area contributed by atoms with Crippen molar-refractivity contribution in [1.29, 1.82) is 5.53 Å². The van der Waals surface area contributed by atoms with Gasteiger partial charge < -0.3 is 40.6 Å². The van der Waals surface area contributed by atoms with Gasteiger partial charge in [0.25, 0.3) is 0 Å². The zero-order valence-electron chi connectivity index (χ0n) is 30.8. The van der Waals surface area contributed by atoms with E-state index in [1.165, 1.54) is 39.8 Å². The molecule has 0 spiro atoms. The average Bonchev–Trinajstić information content (AvgIpc) is 3.59. The van der Waals surface area contributed by atoms with Crippen molar-refractivity contribution in [2.24, 2.45) is 5.11 Å². The van der Waals surface area contributed by atoms with Crippen molar-refractivity contribution in [3.05, 3.63) is 79.7 Å². The van der Waals surface area contributed by atoms with Gasteiger partial charge in [0.2, 0.25) is 4.91 Å². The van der Waals surface area contributed by atoms with Gasteiger partial charge in [-0.2, -0.15) is 9.69 Å². The van der Waals surface area contributed by atoms with Crippen LogP contribution in [0.1, 0.15) is 50.5 Å². The average molecular weight is 786 g/mol. The summed E-state index contributed by atoms with van der Waals surface area (Å²) in [5.74, 6) is 2.18. The molecule has 1 unspecified atom stereocenters. The Morgan fingerprint density at radius 3 is 2.36 bits per heavy atom. The van der Waals surface area contributed by atoms with Crippen LogP contribution in [0, 0.1) is 31.0 Å². The smallest absolute Gasteiger partial charge is 0.466 e. The first-order chi connectivity index (χ1) is 25.8. The van der Waals surface area contributed by atoms with Crippen molar-refractivity contribution in [3.8, 4) is 12.3 Å². The van der Waals surface area contributed by atoms with Crippen LogP contribution in [0.25, 0.3) is 21.6 Å². The highest BCUT2D eigenvalue weighted by Crippen LogP contribution is 2.24. The number of carbonyl (C=O) groups is 1. The van der Waals surface area contributed by atoms with Crippen LogP contribution >= 0.6 is 11.3 Å². The molecule has 0 aliphatic carbocycles. The molecule has 53 heavy (non-hydrogen) atoms. The van der Waals surface area contributed by atoms with Crippen molar-refractivity contribution >= 4 is 47.1 Å². The van der Waals surface area contributed by atoms with Crippen LogP contribution in [0.5, 0.6) is 0 Å². The van der Waals surface area contributed by atoms with E-state index in [-0.39, 0.29) is 44.6 Å². The van der Waals surface area contributed by atoms with Crippen LogP contribution in [0.3, 0.4) is 0 Å². The Labute approximate surface area is 318 Å². The first-order valence-electron chi connectivity index (χ1n) is 16.9. The van der Waals surface area contributed by atoms with Gasteiger partial charge in [-0.25, -0.2) is 0 Å². The zero-order chi connectivity index (χ0) is 38.8. The number of allylic oxidation sites excluding steroid dienone is 4. The number of terminal acetylenes is 1. The first kappa shape index (κ1) is 45.1. The maximum absolute atomic E-state index is 11.5. The third kappa shape index (κ3) is 16.2. The van der Waals surface area contributed by atoms with Crippen molar-refractivity contribution < 1.29 is 40.5 Å². The Balaban J connectivity index is 1.99. The number of carbonyl (C=O) groups excluding carboxylic acids is 1. The maximum Gasteiger partial charge on any atom is 0.671 e. The van der Waals surface area contributed by atoms with Crippen LogP contribution in [0.2, 0.25) is 6.04 Å². The Hall–Kier alpha value is -4.07. The molecule has 0 radical (unpaired) electrons. The molecule has 15 nitrogen and oxygen atoms in total. The van der Waals surface area contributed by atoms with E-state index < -0.39 is 17.9 Å². The Morgan fingerprint density at radius 2 is 1.72 bits per heavy atom. The highest BCUT2D eigenvalue weighted by atomic mass is 32.1. The highest BCUT2D eigenvalue weighted by molar-refractivity contribution is 7.08. The van der Waals surface area contributed by atoms with Crippen LogP contribution < -0.4 is 14.0 Å². The second-order valence-corrected chi connectivity index (χ2v) is 17.9. The van der Waals surface area contributed by atoms with Crippen molar-refractivity contribution in [1.82, 2.24) is 9.81 Å². The molecule has 0 fully saturated rings. The summed E-state index contributed by atoms with van der Waals surface area (Å²) in [4.78, 5) is 23.5. The largest absolute Gasteiger partial charge is 0.671 e. The Bertz CT molecular complexity index is 1660. The summed E-state index contributed by atoms with van der Waals surface area (Å²) in [5.41, 5.74) is 8.63. The summed E-state index contributed by atoms with van der Waals surface area (Å²) in [6.07, 6.45) is 22.3. The Morgan fingerprint density at radius 1 is 1.00 bits per heavy atom. The van der Waals surface area contributed by atoms with Gasteiger partial charge in [-0.1, -0.05) is 12.5 Å². The van der Waals surface area contributed by atoms with Crippen LogP contribution in [0.15, 0.2) is 47.4 Å². The summed E-state index contributed by atoms with van der Waals surface area (Å²) in [6.45, 7) is 17.1. The fraction of sp³-hybridized carbons (Fsp3) is 0.514. The number of rotatable bonds is 26. The molecule has 286 valence electrons. The molecule has 0 bridgehead atoms. The van der Waals surface area contributed by atoms with Crippen molar-refractivity contribution in [2.75, 3.05) is 61.3 Å². The van der Waals surface area contributed by atoms with Crippen molar-refractivity contribution in [3.63, 3.8) is 0 Å². The lowest BCUT2D eigenvalue weighted by Crippen LogP contribution is -2.59. The van der Waals surface area contributed by atoms with Crippen LogP contribution in [0.4, 0.5) is 0 Å². The fourth-order valence-electron chi connectivity index (χ4n) is 4.82. The van der Waals surface area contributed by atoms with Crippen LogP contribution in [-0.4, -0.2) is 90.1 Å². The van der Waals surface area contributed by atoms with Gasteiger partial charge in [0, 0.05) is 64.4 Å². The quantitative estimate of drug-likeness (QED) is 0.0267. The number of thiophene rings is 1. The lowest BCUT2D eigenvalue weighted by Gasteiger charge is -2.34. The molecule has 0 aromatic carbocycles. The van der Waals surface area contributed by atoms with E-state index in [1.54, 1.807) is 0 Å². The summed E-state index contributed by atoms with van der Waals surface area (Å²) < 4.78 is 46.9. The minimum Gasteiger partial charge on any atom is -0.466 e. The third-order valence-corrected chi connectivity index (χ3v) is 14.7. The zero-order valence-corrected chi connectivity index (χ0v) is 33.7. The minimum absolute atomic E-state index is 0.0182. The second kappa shape index (κ2) is 25.8. The molecular weight excluding hydrogens is 737 g/mol. The summed E-state index contributed by atoms with van der Waals surface area (Å²) in [5, 5.41) is 3.69. The van der Waals surface area contributed by atoms with E-state index in [2.05, 4.69) is 30.5 Å². The third-order valence-electron chi connectivity index (χ3n) is 7.61. The molecule has 0 amide bonds. The normalized spacial score (nSPS) is 13.8. The van der Waals surface area contributed by atoms with E-state index in [0.717, 1.165) is 47.9 Å². The van der Waals surface area contributed by atoms with E-state index >= 15 is 0 Å². The lowest BCUT2D eigenvalue weighted by molar-refractivity contribution is -0.143. The van der Waals surface area contributed by atoms with E-state index in [9.17, 15) is 4.79 Å².